The third kappa shape index (κ3) is 2.78. The molecule has 1 aliphatic rings. The SMILES string of the molecule is Cc1cc(C)cc(CNCc2cccc3c2OCO3)c1. The molecule has 0 spiro atoms. The summed E-state index contributed by atoms with van der Waals surface area (Å²) in [6, 6.07) is 12.6. The van der Waals surface area contributed by atoms with Gasteiger partial charge in [0.2, 0.25) is 6.79 Å². The molecule has 1 heterocycles. The molecule has 0 aromatic heterocycles. The lowest BCUT2D eigenvalue weighted by atomic mass is 10.1. The maximum atomic E-state index is 5.51. The molecule has 3 heteroatoms. The number of hydrogen-bond donors (Lipinski definition) is 1. The van der Waals surface area contributed by atoms with E-state index < -0.39 is 0 Å². The van der Waals surface area contributed by atoms with Crippen LogP contribution in [0, 0.1) is 13.8 Å². The highest BCUT2D eigenvalue weighted by Gasteiger charge is 2.16. The topological polar surface area (TPSA) is 30.5 Å². The Bertz CT molecular complexity index is 602. The van der Waals surface area contributed by atoms with Crippen LogP contribution in [0.1, 0.15) is 22.3 Å². The first kappa shape index (κ1) is 13.0. The average Bonchev–Trinajstić information content (AvgIpc) is 2.86. The molecule has 0 radical (unpaired) electrons. The molecule has 104 valence electrons. The second kappa shape index (κ2) is 5.55. The highest BCUT2D eigenvalue weighted by Crippen LogP contribution is 2.35. The van der Waals surface area contributed by atoms with Gasteiger partial charge in [0, 0.05) is 18.7 Å². The van der Waals surface area contributed by atoms with Crippen LogP contribution >= 0.6 is 0 Å². The molecule has 0 amide bonds. The summed E-state index contributed by atoms with van der Waals surface area (Å²) in [5.74, 6) is 1.72. The first-order valence-corrected chi connectivity index (χ1v) is 6.88. The summed E-state index contributed by atoms with van der Waals surface area (Å²) in [4.78, 5) is 0. The highest BCUT2D eigenvalue weighted by atomic mass is 16.7. The zero-order valence-corrected chi connectivity index (χ0v) is 11.9. The van der Waals surface area contributed by atoms with Crippen molar-refractivity contribution in [3.63, 3.8) is 0 Å². The molecule has 0 fully saturated rings. The lowest BCUT2D eigenvalue weighted by Crippen LogP contribution is -2.13. The van der Waals surface area contributed by atoms with E-state index in [4.69, 9.17) is 9.47 Å². The molecule has 20 heavy (non-hydrogen) atoms. The van der Waals surface area contributed by atoms with Gasteiger partial charge in [-0.1, -0.05) is 41.5 Å². The summed E-state index contributed by atoms with van der Waals surface area (Å²) in [5, 5.41) is 3.47. The van der Waals surface area contributed by atoms with E-state index in [-0.39, 0.29) is 0 Å². The fraction of sp³-hybridized carbons (Fsp3) is 0.294. The predicted molar refractivity (Wildman–Crippen MR) is 79.0 cm³/mol. The molecule has 2 aromatic rings. The normalized spacial score (nSPS) is 12.7. The number of nitrogens with one attached hydrogen (secondary N) is 1. The monoisotopic (exact) mass is 269 g/mol. The van der Waals surface area contributed by atoms with Gasteiger partial charge in [-0.2, -0.15) is 0 Å². The van der Waals surface area contributed by atoms with Gasteiger partial charge in [0.05, 0.1) is 0 Å². The molecule has 0 saturated heterocycles. The maximum absolute atomic E-state index is 5.51. The fourth-order valence-electron chi connectivity index (χ4n) is 2.64. The van der Waals surface area contributed by atoms with Gasteiger partial charge >= 0.3 is 0 Å². The largest absolute Gasteiger partial charge is 0.454 e. The van der Waals surface area contributed by atoms with Gasteiger partial charge < -0.3 is 14.8 Å². The maximum Gasteiger partial charge on any atom is 0.231 e. The Kier molecular flexibility index (Phi) is 3.61. The van der Waals surface area contributed by atoms with Gasteiger partial charge in [0.25, 0.3) is 0 Å². The Morgan fingerprint density at radius 1 is 1.00 bits per heavy atom. The molecule has 1 N–H and O–H groups in total. The van der Waals surface area contributed by atoms with Crippen LogP contribution in [0.3, 0.4) is 0 Å². The Morgan fingerprint density at radius 2 is 1.80 bits per heavy atom. The predicted octanol–water partition coefficient (Wildman–Crippen LogP) is 3.32. The minimum atomic E-state index is 0.323. The Balaban J connectivity index is 1.64. The summed E-state index contributed by atoms with van der Waals surface area (Å²) in [5.41, 5.74) is 5.06. The van der Waals surface area contributed by atoms with Crippen LogP contribution in [0.15, 0.2) is 36.4 Å². The lowest BCUT2D eigenvalue weighted by molar-refractivity contribution is 0.173. The van der Waals surface area contributed by atoms with E-state index in [1.807, 2.05) is 12.1 Å². The van der Waals surface area contributed by atoms with Crippen molar-refractivity contribution < 1.29 is 9.47 Å². The Morgan fingerprint density at radius 3 is 2.60 bits per heavy atom. The van der Waals surface area contributed by atoms with Crippen molar-refractivity contribution in [1.29, 1.82) is 0 Å². The van der Waals surface area contributed by atoms with E-state index in [1.54, 1.807) is 0 Å². The van der Waals surface area contributed by atoms with Gasteiger partial charge in [0.15, 0.2) is 11.5 Å². The zero-order valence-electron chi connectivity index (χ0n) is 11.9. The van der Waals surface area contributed by atoms with Crippen molar-refractivity contribution in [3.8, 4) is 11.5 Å². The third-order valence-electron chi connectivity index (χ3n) is 3.40. The van der Waals surface area contributed by atoms with Crippen LogP contribution in [0.2, 0.25) is 0 Å². The zero-order chi connectivity index (χ0) is 13.9. The minimum Gasteiger partial charge on any atom is -0.454 e. The number of benzene rings is 2. The summed E-state index contributed by atoms with van der Waals surface area (Å²) in [6.07, 6.45) is 0. The van der Waals surface area contributed by atoms with Crippen LogP contribution in [0.4, 0.5) is 0 Å². The summed E-state index contributed by atoms with van der Waals surface area (Å²) in [7, 11) is 0. The molecule has 3 rings (SSSR count). The number of ether oxygens (including phenoxy) is 2. The molecule has 2 aromatic carbocycles. The molecule has 1 aliphatic heterocycles. The van der Waals surface area contributed by atoms with Gasteiger partial charge in [-0.15, -0.1) is 0 Å². The van der Waals surface area contributed by atoms with Gasteiger partial charge in [-0.25, -0.2) is 0 Å². The van der Waals surface area contributed by atoms with E-state index in [0.717, 1.165) is 30.2 Å². The Hall–Kier alpha value is -2.00. The molecular weight excluding hydrogens is 250 g/mol. The van der Waals surface area contributed by atoms with E-state index in [0.29, 0.717) is 6.79 Å². The van der Waals surface area contributed by atoms with Crippen LogP contribution in [-0.4, -0.2) is 6.79 Å². The van der Waals surface area contributed by atoms with Crippen molar-refractivity contribution in [2.24, 2.45) is 0 Å². The number of aryl methyl sites for hydroxylation is 2. The number of fused-ring (bicyclic) bond motifs is 1. The highest BCUT2D eigenvalue weighted by molar-refractivity contribution is 5.48. The summed E-state index contributed by atoms with van der Waals surface area (Å²) >= 11 is 0. The molecule has 0 unspecified atom stereocenters. The van der Waals surface area contributed by atoms with E-state index in [1.165, 1.54) is 16.7 Å². The smallest absolute Gasteiger partial charge is 0.231 e. The molecule has 0 bridgehead atoms. The molecule has 0 saturated carbocycles. The van der Waals surface area contributed by atoms with Crippen molar-refractivity contribution in [2.45, 2.75) is 26.9 Å². The lowest BCUT2D eigenvalue weighted by Gasteiger charge is -2.09. The van der Waals surface area contributed by atoms with Gasteiger partial charge in [0.1, 0.15) is 0 Å². The number of rotatable bonds is 4. The van der Waals surface area contributed by atoms with E-state index in [9.17, 15) is 0 Å². The standard InChI is InChI=1S/C17H19NO2/c1-12-6-13(2)8-14(7-12)9-18-10-15-4-3-5-16-17(15)20-11-19-16/h3-8,18H,9-11H2,1-2H3. The van der Waals surface area contributed by atoms with Crippen LogP contribution in [0.25, 0.3) is 0 Å². The van der Waals surface area contributed by atoms with E-state index in [2.05, 4.69) is 43.4 Å². The van der Waals surface area contributed by atoms with Crippen LogP contribution in [-0.2, 0) is 13.1 Å². The summed E-state index contributed by atoms with van der Waals surface area (Å²) < 4.78 is 10.9. The second-order valence-corrected chi connectivity index (χ2v) is 5.25. The fourth-order valence-corrected chi connectivity index (χ4v) is 2.64. The molecular formula is C17H19NO2. The van der Waals surface area contributed by atoms with Crippen molar-refractivity contribution >= 4 is 0 Å². The minimum absolute atomic E-state index is 0.323. The number of para-hydroxylation sites is 1. The third-order valence-corrected chi connectivity index (χ3v) is 3.40. The van der Waals surface area contributed by atoms with Crippen molar-refractivity contribution in [3.05, 3.63) is 58.7 Å². The number of hydrogen-bond acceptors (Lipinski definition) is 3. The van der Waals surface area contributed by atoms with Crippen molar-refractivity contribution in [2.75, 3.05) is 6.79 Å². The van der Waals surface area contributed by atoms with Crippen molar-refractivity contribution in [1.82, 2.24) is 5.32 Å². The summed E-state index contributed by atoms with van der Waals surface area (Å²) in [6.45, 7) is 6.22. The van der Waals surface area contributed by atoms with E-state index >= 15 is 0 Å². The van der Waals surface area contributed by atoms with Gasteiger partial charge in [-0.05, 0) is 25.5 Å². The average molecular weight is 269 g/mol. The first-order valence-electron chi connectivity index (χ1n) is 6.88. The quantitative estimate of drug-likeness (QED) is 0.923. The van der Waals surface area contributed by atoms with Crippen LogP contribution < -0.4 is 14.8 Å². The second-order valence-electron chi connectivity index (χ2n) is 5.25. The first-order chi connectivity index (χ1) is 9.72. The Labute approximate surface area is 119 Å². The molecule has 0 aliphatic carbocycles. The van der Waals surface area contributed by atoms with Crippen LogP contribution in [0.5, 0.6) is 11.5 Å². The molecule has 0 atom stereocenters. The molecule has 3 nitrogen and oxygen atoms in total. The van der Waals surface area contributed by atoms with Gasteiger partial charge in [-0.3, -0.25) is 0 Å².